The Labute approximate surface area is 189 Å². The molecule has 0 aliphatic carbocycles. The molecule has 160 valence electrons. The van der Waals surface area contributed by atoms with Crippen molar-refractivity contribution in [3.8, 4) is 0 Å². The van der Waals surface area contributed by atoms with Crippen LogP contribution in [0.5, 0.6) is 0 Å². The van der Waals surface area contributed by atoms with Crippen LogP contribution in [-0.2, 0) is 11.2 Å². The normalized spacial score (nSPS) is 10.5. The number of pyridine rings is 2. The van der Waals surface area contributed by atoms with Gasteiger partial charge in [0.25, 0.3) is 5.91 Å². The van der Waals surface area contributed by atoms with Crippen LogP contribution in [0.25, 0.3) is 0 Å². The molecule has 3 aromatic rings. The molecule has 2 N–H and O–H groups in total. The van der Waals surface area contributed by atoms with E-state index in [-0.39, 0.29) is 34.6 Å². The Morgan fingerprint density at radius 3 is 2.39 bits per heavy atom. The average molecular weight is 459 g/mol. The van der Waals surface area contributed by atoms with Gasteiger partial charge < -0.3 is 15.3 Å². The summed E-state index contributed by atoms with van der Waals surface area (Å²) in [5, 5.41) is 12.3. The van der Waals surface area contributed by atoms with E-state index in [1.165, 1.54) is 12.4 Å². The summed E-state index contributed by atoms with van der Waals surface area (Å²) in [5.74, 6) is -0.642. The van der Waals surface area contributed by atoms with Crippen molar-refractivity contribution in [2.75, 3.05) is 16.8 Å². The Morgan fingerprint density at radius 1 is 1.10 bits per heavy atom. The van der Waals surface area contributed by atoms with Crippen molar-refractivity contribution in [2.24, 2.45) is 0 Å². The van der Waals surface area contributed by atoms with E-state index in [2.05, 4.69) is 15.3 Å². The largest absolute Gasteiger partial charge is 0.481 e. The number of carbonyl (C=O) groups is 2. The minimum Gasteiger partial charge on any atom is -0.481 e. The summed E-state index contributed by atoms with van der Waals surface area (Å²) in [5.41, 5.74) is 2.49. The van der Waals surface area contributed by atoms with Gasteiger partial charge in [-0.3, -0.25) is 14.6 Å². The molecule has 0 aliphatic rings. The molecule has 0 fully saturated rings. The van der Waals surface area contributed by atoms with Crippen molar-refractivity contribution >= 4 is 52.3 Å². The Morgan fingerprint density at radius 2 is 1.77 bits per heavy atom. The van der Waals surface area contributed by atoms with Crippen LogP contribution in [0.3, 0.4) is 0 Å². The number of halogens is 2. The second kappa shape index (κ2) is 10.2. The van der Waals surface area contributed by atoms with Gasteiger partial charge in [0.1, 0.15) is 5.82 Å². The fourth-order valence-electron chi connectivity index (χ4n) is 2.92. The molecule has 0 saturated heterocycles. The highest BCUT2D eigenvalue weighted by atomic mass is 35.5. The SMILES string of the molecule is CCc1ccnc(N(CCC(=O)O)c2ccc(C(=O)Nc3c(Cl)cncc3Cl)cc2)c1. The third-order valence-electron chi connectivity index (χ3n) is 4.58. The number of aliphatic carboxylic acids is 1. The van der Waals surface area contributed by atoms with Crippen molar-refractivity contribution in [1.29, 1.82) is 0 Å². The van der Waals surface area contributed by atoms with Crippen LogP contribution in [-0.4, -0.2) is 33.5 Å². The van der Waals surface area contributed by atoms with E-state index in [0.717, 1.165) is 17.7 Å². The number of carboxylic acids is 1. The number of anilines is 3. The number of aromatic nitrogens is 2. The fraction of sp³-hybridized carbons (Fsp3) is 0.182. The molecule has 31 heavy (non-hydrogen) atoms. The van der Waals surface area contributed by atoms with Crippen LogP contribution in [0, 0.1) is 0 Å². The molecule has 9 heteroatoms. The van der Waals surface area contributed by atoms with Gasteiger partial charge in [0, 0.05) is 36.4 Å². The quantitative estimate of drug-likeness (QED) is 0.480. The molecule has 2 heterocycles. The van der Waals surface area contributed by atoms with Gasteiger partial charge in [0.15, 0.2) is 0 Å². The van der Waals surface area contributed by atoms with E-state index in [1.807, 2.05) is 24.0 Å². The molecule has 7 nitrogen and oxygen atoms in total. The lowest BCUT2D eigenvalue weighted by molar-refractivity contribution is -0.136. The van der Waals surface area contributed by atoms with Crippen LogP contribution in [0.1, 0.15) is 29.3 Å². The van der Waals surface area contributed by atoms with Crippen molar-refractivity contribution in [1.82, 2.24) is 9.97 Å². The molecule has 3 rings (SSSR count). The monoisotopic (exact) mass is 458 g/mol. The first-order chi connectivity index (χ1) is 14.9. The second-order valence-electron chi connectivity index (χ2n) is 6.65. The lowest BCUT2D eigenvalue weighted by atomic mass is 10.1. The molecular weight excluding hydrogens is 439 g/mol. The number of carboxylic acid groups (broad SMARTS) is 1. The van der Waals surface area contributed by atoms with Gasteiger partial charge in [-0.15, -0.1) is 0 Å². The zero-order valence-electron chi connectivity index (χ0n) is 16.7. The van der Waals surface area contributed by atoms with Crippen molar-refractivity contribution < 1.29 is 14.7 Å². The molecule has 0 spiro atoms. The van der Waals surface area contributed by atoms with Gasteiger partial charge in [0.2, 0.25) is 0 Å². The van der Waals surface area contributed by atoms with Crippen LogP contribution < -0.4 is 10.2 Å². The third kappa shape index (κ3) is 5.71. The van der Waals surface area contributed by atoms with E-state index >= 15 is 0 Å². The summed E-state index contributed by atoms with van der Waals surface area (Å²) in [4.78, 5) is 33.8. The summed E-state index contributed by atoms with van der Waals surface area (Å²) in [6.45, 7) is 2.28. The van der Waals surface area contributed by atoms with Crippen molar-refractivity contribution in [3.63, 3.8) is 0 Å². The lowest BCUT2D eigenvalue weighted by Gasteiger charge is -2.24. The number of aryl methyl sites for hydroxylation is 1. The molecule has 0 aliphatic heterocycles. The van der Waals surface area contributed by atoms with Gasteiger partial charge >= 0.3 is 5.97 Å². The van der Waals surface area contributed by atoms with Gasteiger partial charge in [-0.1, -0.05) is 30.1 Å². The minimum absolute atomic E-state index is 0.0562. The number of benzene rings is 1. The molecule has 0 bridgehead atoms. The average Bonchev–Trinajstić information content (AvgIpc) is 2.77. The third-order valence-corrected chi connectivity index (χ3v) is 5.15. The van der Waals surface area contributed by atoms with E-state index in [9.17, 15) is 9.59 Å². The molecule has 0 unspecified atom stereocenters. The first-order valence-electron chi connectivity index (χ1n) is 9.53. The van der Waals surface area contributed by atoms with E-state index in [1.54, 1.807) is 30.5 Å². The maximum Gasteiger partial charge on any atom is 0.305 e. The first-order valence-corrected chi connectivity index (χ1v) is 10.3. The summed E-state index contributed by atoms with van der Waals surface area (Å²) in [6.07, 6.45) is 5.26. The number of rotatable bonds is 8. The zero-order chi connectivity index (χ0) is 22.4. The number of nitrogens with one attached hydrogen (secondary N) is 1. The Kier molecular flexibility index (Phi) is 7.44. The molecule has 2 aromatic heterocycles. The zero-order valence-corrected chi connectivity index (χ0v) is 18.2. The van der Waals surface area contributed by atoms with Crippen molar-refractivity contribution in [2.45, 2.75) is 19.8 Å². The number of amides is 1. The number of hydrogen-bond donors (Lipinski definition) is 2. The number of carbonyl (C=O) groups excluding carboxylic acids is 1. The highest BCUT2D eigenvalue weighted by molar-refractivity contribution is 6.39. The van der Waals surface area contributed by atoms with Gasteiger partial charge in [-0.25, -0.2) is 4.98 Å². The van der Waals surface area contributed by atoms with Gasteiger partial charge in [-0.2, -0.15) is 0 Å². The minimum atomic E-state index is -0.904. The van der Waals surface area contributed by atoms with Gasteiger partial charge in [0.05, 0.1) is 22.2 Å². The fourth-order valence-corrected chi connectivity index (χ4v) is 3.38. The molecule has 0 saturated carbocycles. The topological polar surface area (TPSA) is 95.4 Å². The molecule has 0 atom stereocenters. The predicted octanol–water partition coefficient (Wildman–Crippen LogP) is 5.21. The summed E-state index contributed by atoms with van der Waals surface area (Å²) in [7, 11) is 0. The molecule has 1 amide bonds. The van der Waals surface area contributed by atoms with Crippen LogP contribution >= 0.6 is 23.2 Å². The number of hydrogen-bond acceptors (Lipinski definition) is 5. The summed E-state index contributed by atoms with van der Waals surface area (Å²) >= 11 is 12.1. The van der Waals surface area contributed by atoms with Gasteiger partial charge in [-0.05, 0) is 48.4 Å². The van der Waals surface area contributed by atoms with Crippen LogP contribution in [0.15, 0.2) is 55.0 Å². The van der Waals surface area contributed by atoms with Crippen LogP contribution in [0.2, 0.25) is 10.0 Å². The lowest BCUT2D eigenvalue weighted by Crippen LogP contribution is -2.22. The predicted molar refractivity (Wildman–Crippen MR) is 122 cm³/mol. The van der Waals surface area contributed by atoms with E-state index in [0.29, 0.717) is 11.4 Å². The molecule has 1 aromatic carbocycles. The van der Waals surface area contributed by atoms with E-state index < -0.39 is 5.97 Å². The highest BCUT2D eigenvalue weighted by Gasteiger charge is 2.16. The first kappa shape index (κ1) is 22.5. The maximum atomic E-state index is 12.6. The highest BCUT2D eigenvalue weighted by Crippen LogP contribution is 2.30. The van der Waals surface area contributed by atoms with Crippen LogP contribution in [0.4, 0.5) is 17.2 Å². The maximum absolute atomic E-state index is 12.6. The van der Waals surface area contributed by atoms with E-state index in [4.69, 9.17) is 28.3 Å². The Bertz CT molecular complexity index is 1070. The Balaban J connectivity index is 1.85. The standard InChI is InChI=1S/C22H20Cl2N4O3/c1-2-14-7-9-26-19(11-14)28(10-8-20(29)30)16-5-3-15(4-6-16)22(31)27-21-17(23)12-25-13-18(21)24/h3-7,9,11-13H,2,8,10H2,1H3,(H,29,30)(H,25,27,31). The second-order valence-corrected chi connectivity index (χ2v) is 7.46. The Hall–Kier alpha value is -3.16. The molecular formula is C22H20Cl2N4O3. The smallest absolute Gasteiger partial charge is 0.305 e. The molecule has 0 radical (unpaired) electrons. The summed E-state index contributed by atoms with van der Waals surface area (Å²) < 4.78 is 0. The number of nitrogens with zero attached hydrogens (tertiary/aromatic N) is 3. The summed E-state index contributed by atoms with van der Waals surface area (Å²) in [6, 6.07) is 10.6. The van der Waals surface area contributed by atoms with Crippen molar-refractivity contribution in [3.05, 3.63) is 76.2 Å².